The maximum Gasteiger partial charge on any atom is 0.236 e. The van der Waals surface area contributed by atoms with Crippen molar-refractivity contribution in [3.8, 4) is 10.8 Å². The van der Waals surface area contributed by atoms with Crippen LogP contribution in [0.25, 0.3) is 10.8 Å². The van der Waals surface area contributed by atoms with Crippen molar-refractivity contribution in [1.29, 1.82) is 0 Å². The molecule has 0 amide bonds. The zero-order valence-corrected chi connectivity index (χ0v) is 7.30. The van der Waals surface area contributed by atoms with Crippen LogP contribution in [0.4, 0.5) is 0 Å². The summed E-state index contributed by atoms with van der Waals surface area (Å²) >= 11 is 1.62. The van der Waals surface area contributed by atoms with Crippen LogP contribution in [0.3, 0.4) is 0 Å². The molecule has 0 aliphatic heterocycles. The van der Waals surface area contributed by atoms with Gasteiger partial charge in [0.05, 0.1) is 4.88 Å². The third-order valence-corrected chi connectivity index (χ3v) is 2.40. The molecule has 62 valence electrons. The Labute approximate surface area is 73.8 Å². The van der Waals surface area contributed by atoms with Gasteiger partial charge in [-0.1, -0.05) is 6.07 Å². The summed E-state index contributed by atoms with van der Waals surface area (Å²) < 4.78 is 5.26. The van der Waals surface area contributed by atoms with E-state index >= 15 is 0 Å². The molecule has 0 fully saturated rings. The minimum absolute atomic E-state index is 0.675. The van der Waals surface area contributed by atoms with Gasteiger partial charge >= 0.3 is 0 Å². The van der Waals surface area contributed by atoms with Crippen molar-refractivity contribution in [2.24, 2.45) is 0 Å². The molecule has 0 aromatic carbocycles. The summed E-state index contributed by atoms with van der Waals surface area (Å²) in [4.78, 5) is 5.32. The Morgan fingerprint density at radius 2 is 2.50 bits per heavy atom. The first-order valence-electron chi connectivity index (χ1n) is 3.67. The van der Waals surface area contributed by atoms with Gasteiger partial charge in [0, 0.05) is 0 Å². The lowest BCUT2D eigenvalue weighted by atomic mass is 10.4. The number of hydrogen-bond acceptors (Lipinski definition) is 3. The number of thiophene rings is 1. The maximum atomic E-state index is 5.26. The van der Waals surface area contributed by atoms with Crippen molar-refractivity contribution in [1.82, 2.24) is 4.98 Å². The Balaban J connectivity index is 2.35. The Morgan fingerprint density at radius 3 is 3.08 bits per heavy atom. The molecular weight excluding hydrogens is 172 g/mol. The first-order chi connectivity index (χ1) is 5.90. The SMILES string of the molecule is [NH3+]Cc1coc(-c2cccs2)n1. The summed E-state index contributed by atoms with van der Waals surface area (Å²) in [6.45, 7) is 0.675. The molecule has 0 saturated carbocycles. The van der Waals surface area contributed by atoms with E-state index in [1.165, 1.54) is 0 Å². The van der Waals surface area contributed by atoms with Crippen LogP contribution in [-0.4, -0.2) is 4.98 Å². The lowest BCUT2D eigenvalue weighted by Gasteiger charge is -1.84. The Bertz CT molecular complexity index is 353. The third kappa shape index (κ3) is 1.26. The molecule has 0 aliphatic carbocycles. The highest BCUT2D eigenvalue weighted by atomic mass is 32.1. The van der Waals surface area contributed by atoms with Crippen molar-refractivity contribution in [3.05, 3.63) is 29.5 Å². The number of nitrogens with zero attached hydrogens (tertiary/aromatic N) is 1. The minimum atomic E-state index is 0.675. The molecule has 0 aliphatic rings. The van der Waals surface area contributed by atoms with Crippen molar-refractivity contribution < 1.29 is 10.2 Å². The van der Waals surface area contributed by atoms with Crippen LogP contribution in [0.2, 0.25) is 0 Å². The van der Waals surface area contributed by atoms with Gasteiger partial charge in [-0.25, -0.2) is 4.98 Å². The van der Waals surface area contributed by atoms with Gasteiger partial charge in [-0.3, -0.25) is 0 Å². The highest BCUT2D eigenvalue weighted by Crippen LogP contribution is 2.23. The van der Waals surface area contributed by atoms with Crippen LogP contribution in [0.5, 0.6) is 0 Å². The standard InChI is InChI=1S/C8H8N2OS/c9-4-6-5-11-8(10-6)7-2-1-3-12-7/h1-3,5H,4,9H2/p+1. The molecule has 0 atom stereocenters. The van der Waals surface area contributed by atoms with E-state index < -0.39 is 0 Å². The first-order valence-corrected chi connectivity index (χ1v) is 4.55. The molecule has 0 unspecified atom stereocenters. The number of hydrogen-bond donors (Lipinski definition) is 1. The van der Waals surface area contributed by atoms with Crippen LogP contribution in [-0.2, 0) is 6.54 Å². The fourth-order valence-electron chi connectivity index (χ4n) is 0.935. The van der Waals surface area contributed by atoms with Gasteiger partial charge in [0.2, 0.25) is 5.89 Å². The topological polar surface area (TPSA) is 53.7 Å². The number of rotatable bonds is 2. The average Bonchev–Trinajstić information content (AvgIpc) is 2.75. The summed E-state index contributed by atoms with van der Waals surface area (Å²) in [7, 11) is 0. The molecule has 2 rings (SSSR count). The molecular formula is C8H9N2OS+. The van der Waals surface area contributed by atoms with Gasteiger partial charge in [0.15, 0.2) is 0 Å². The fourth-order valence-corrected chi connectivity index (χ4v) is 1.59. The molecule has 0 saturated heterocycles. The molecule has 0 bridgehead atoms. The predicted octanol–water partition coefficient (Wildman–Crippen LogP) is 1.15. The van der Waals surface area contributed by atoms with E-state index in [9.17, 15) is 0 Å². The second-order valence-corrected chi connectivity index (χ2v) is 3.32. The Kier molecular flexibility index (Phi) is 1.93. The Morgan fingerprint density at radius 1 is 1.58 bits per heavy atom. The number of quaternary nitrogens is 1. The molecule has 3 N–H and O–H groups in total. The quantitative estimate of drug-likeness (QED) is 0.755. The lowest BCUT2D eigenvalue weighted by Crippen LogP contribution is -2.47. The molecule has 3 nitrogen and oxygen atoms in total. The average molecular weight is 181 g/mol. The molecule has 0 radical (unpaired) electrons. The normalized spacial score (nSPS) is 10.4. The zero-order valence-electron chi connectivity index (χ0n) is 6.49. The van der Waals surface area contributed by atoms with Crippen LogP contribution >= 0.6 is 11.3 Å². The van der Waals surface area contributed by atoms with Crippen molar-refractivity contribution in [2.45, 2.75) is 6.54 Å². The smallest absolute Gasteiger partial charge is 0.236 e. The molecule has 2 aromatic rings. The van der Waals surface area contributed by atoms with Crippen LogP contribution in [0, 0.1) is 0 Å². The van der Waals surface area contributed by atoms with Gasteiger partial charge in [0.1, 0.15) is 18.5 Å². The second kappa shape index (κ2) is 3.08. The van der Waals surface area contributed by atoms with Crippen molar-refractivity contribution in [3.63, 3.8) is 0 Å². The lowest BCUT2D eigenvalue weighted by molar-refractivity contribution is -0.387. The summed E-state index contributed by atoms with van der Waals surface area (Å²) in [5.74, 6) is 0.698. The largest absolute Gasteiger partial charge is 0.443 e. The molecule has 4 heteroatoms. The zero-order chi connectivity index (χ0) is 8.39. The fraction of sp³-hybridized carbons (Fsp3) is 0.125. The van der Waals surface area contributed by atoms with Gasteiger partial charge in [0.25, 0.3) is 0 Å². The van der Waals surface area contributed by atoms with E-state index in [2.05, 4.69) is 10.7 Å². The Hall–Kier alpha value is -1.13. The molecule has 12 heavy (non-hydrogen) atoms. The van der Waals surface area contributed by atoms with Crippen LogP contribution in [0.1, 0.15) is 5.69 Å². The second-order valence-electron chi connectivity index (χ2n) is 2.37. The van der Waals surface area contributed by atoms with Gasteiger partial charge in [-0.2, -0.15) is 0 Å². The monoisotopic (exact) mass is 181 g/mol. The highest BCUT2D eigenvalue weighted by Gasteiger charge is 2.06. The van der Waals surface area contributed by atoms with E-state index in [0.717, 1.165) is 10.6 Å². The highest BCUT2D eigenvalue weighted by molar-refractivity contribution is 7.13. The van der Waals surface area contributed by atoms with E-state index in [4.69, 9.17) is 4.42 Å². The minimum Gasteiger partial charge on any atom is -0.443 e. The van der Waals surface area contributed by atoms with Gasteiger partial charge in [-0.05, 0) is 11.4 Å². The summed E-state index contributed by atoms with van der Waals surface area (Å²) in [5.41, 5.74) is 4.63. The van der Waals surface area contributed by atoms with E-state index in [0.29, 0.717) is 12.4 Å². The first kappa shape index (κ1) is 7.52. The molecule has 2 heterocycles. The predicted molar refractivity (Wildman–Crippen MR) is 46.4 cm³/mol. The molecule has 0 spiro atoms. The molecule has 2 aromatic heterocycles. The number of oxazole rings is 1. The van der Waals surface area contributed by atoms with Gasteiger partial charge < -0.3 is 10.2 Å². The summed E-state index contributed by atoms with van der Waals surface area (Å²) in [5, 5.41) is 2.00. The van der Waals surface area contributed by atoms with E-state index in [1.807, 2.05) is 17.5 Å². The summed E-state index contributed by atoms with van der Waals surface area (Å²) in [6, 6.07) is 3.97. The maximum absolute atomic E-state index is 5.26. The van der Waals surface area contributed by atoms with Gasteiger partial charge in [-0.15, -0.1) is 11.3 Å². The third-order valence-electron chi connectivity index (χ3n) is 1.54. The van der Waals surface area contributed by atoms with Crippen molar-refractivity contribution >= 4 is 11.3 Å². The number of aromatic nitrogens is 1. The summed E-state index contributed by atoms with van der Waals surface area (Å²) in [6.07, 6.45) is 1.65. The van der Waals surface area contributed by atoms with Crippen LogP contribution in [0.15, 0.2) is 28.2 Å². The van der Waals surface area contributed by atoms with E-state index in [-0.39, 0.29) is 0 Å². The van der Waals surface area contributed by atoms with E-state index in [1.54, 1.807) is 17.6 Å². The van der Waals surface area contributed by atoms with Crippen LogP contribution < -0.4 is 5.73 Å². The van der Waals surface area contributed by atoms with Crippen molar-refractivity contribution in [2.75, 3.05) is 0 Å².